The van der Waals surface area contributed by atoms with E-state index < -0.39 is 0 Å². The molecule has 0 bridgehead atoms. The van der Waals surface area contributed by atoms with Crippen molar-refractivity contribution in [3.63, 3.8) is 0 Å². The molecule has 1 aromatic heterocycles. The first-order valence-electron chi connectivity index (χ1n) is 8.52. The number of halogens is 1. The Bertz CT molecular complexity index is 665. The van der Waals surface area contributed by atoms with E-state index in [9.17, 15) is 4.39 Å². The Morgan fingerprint density at radius 1 is 1.26 bits per heavy atom. The normalized spacial score (nSPS) is 14.9. The Labute approximate surface area is 137 Å². The zero-order chi connectivity index (χ0) is 16.2. The van der Waals surface area contributed by atoms with Gasteiger partial charge in [-0.25, -0.2) is 9.07 Å². The number of nitrogens with one attached hydrogen (secondary N) is 1. The van der Waals surface area contributed by atoms with Crippen LogP contribution in [0.15, 0.2) is 24.3 Å². The molecule has 0 spiro atoms. The van der Waals surface area contributed by atoms with E-state index in [-0.39, 0.29) is 5.82 Å². The Balaban J connectivity index is 2.00. The van der Waals surface area contributed by atoms with Crippen LogP contribution in [0.2, 0.25) is 0 Å². The van der Waals surface area contributed by atoms with E-state index in [2.05, 4.69) is 24.1 Å². The fraction of sp³-hybridized carbons (Fsp3) is 0.500. The van der Waals surface area contributed by atoms with Gasteiger partial charge in [0, 0.05) is 31.6 Å². The zero-order valence-electron chi connectivity index (χ0n) is 14.0. The van der Waals surface area contributed by atoms with Gasteiger partial charge in [0.25, 0.3) is 0 Å². The van der Waals surface area contributed by atoms with E-state index >= 15 is 0 Å². The van der Waals surface area contributed by atoms with Gasteiger partial charge in [0.1, 0.15) is 11.5 Å². The van der Waals surface area contributed by atoms with Crippen molar-refractivity contribution in [1.82, 2.24) is 20.0 Å². The number of nitrogens with zero attached hydrogens (tertiary/aromatic N) is 3. The first kappa shape index (κ1) is 16.1. The van der Waals surface area contributed by atoms with Gasteiger partial charge >= 0.3 is 0 Å². The largest absolute Gasteiger partial charge is 0.311 e. The Kier molecular flexibility index (Phi) is 5.08. The molecule has 0 saturated carbocycles. The molecule has 0 amide bonds. The molecular weight excluding hydrogens is 291 g/mol. The van der Waals surface area contributed by atoms with Crippen LogP contribution in [0.25, 0.3) is 5.69 Å². The van der Waals surface area contributed by atoms with Crippen LogP contribution in [0.5, 0.6) is 0 Å². The minimum absolute atomic E-state index is 0.219. The van der Waals surface area contributed by atoms with Gasteiger partial charge in [-0.2, -0.15) is 5.10 Å². The molecule has 0 radical (unpaired) electrons. The third-order valence-electron chi connectivity index (χ3n) is 4.38. The Morgan fingerprint density at radius 2 is 2.09 bits per heavy atom. The Hall–Kier alpha value is -1.72. The predicted molar refractivity (Wildman–Crippen MR) is 90.2 cm³/mol. The summed E-state index contributed by atoms with van der Waals surface area (Å²) in [5.41, 5.74) is 4.03. The lowest BCUT2D eigenvalue weighted by Crippen LogP contribution is -2.32. The van der Waals surface area contributed by atoms with Crippen LogP contribution in [0.1, 0.15) is 37.2 Å². The average Bonchev–Trinajstić information content (AvgIpc) is 2.92. The van der Waals surface area contributed by atoms with Crippen molar-refractivity contribution < 1.29 is 4.39 Å². The third-order valence-corrected chi connectivity index (χ3v) is 4.38. The van der Waals surface area contributed by atoms with Crippen LogP contribution in [-0.2, 0) is 19.5 Å². The SMILES string of the molecule is CCCN1CCc2c(c(CNCC)nn2-c2ccccc2F)C1. The summed E-state index contributed by atoms with van der Waals surface area (Å²) in [7, 11) is 0. The van der Waals surface area contributed by atoms with Crippen LogP contribution in [0.3, 0.4) is 0 Å². The lowest BCUT2D eigenvalue weighted by Gasteiger charge is -2.27. The van der Waals surface area contributed by atoms with Crippen molar-refractivity contribution in [2.24, 2.45) is 0 Å². The maximum absolute atomic E-state index is 14.2. The predicted octanol–water partition coefficient (Wildman–Crippen LogP) is 2.89. The molecular formula is C18H25FN4. The number of hydrogen-bond donors (Lipinski definition) is 1. The molecule has 0 fully saturated rings. The molecule has 124 valence electrons. The van der Waals surface area contributed by atoms with E-state index in [0.29, 0.717) is 5.69 Å². The van der Waals surface area contributed by atoms with E-state index in [1.165, 1.54) is 11.6 Å². The van der Waals surface area contributed by atoms with Gasteiger partial charge in [-0.1, -0.05) is 26.0 Å². The van der Waals surface area contributed by atoms with Gasteiger partial charge in [-0.05, 0) is 31.6 Å². The fourth-order valence-electron chi connectivity index (χ4n) is 3.26. The summed E-state index contributed by atoms with van der Waals surface area (Å²) in [6.07, 6.45) is 2.07. The highest BCUT2D eigenvalue weighted by molar-refractivity contribution is 5.40. The molecule has 0 atom stereocenters. The highest BCUT2D eigenvalue weighted by Crippen LogP contribution is 2.26. The van der Waals surface area contributed by atoms with Crippen molar-refractivity contribution in [2.45, 2.75) is 39.8 Å². The van der Waals surface area contributed by atoms with Crippen molar-refractivity contribution in [1.29, 1.82) is 0 Å². The molecule has 0 unspecified atom stereocenters. The molecule has 5 heteroatoms. The average molecular weight is 316 g/mol. The first-order valence-corrected chi connectivity index (χ1v) is 8.52. The number of benzene rings is 1. The second kappa shape index (κ2) is 7.23. The molecule has 4 nitrogen and oxygen atoms in total. The standard InChI is InChI=1S/C18H25FN4/c1-3-10-22-11-9-17-14(13-22)16(12-20-4-2)21-23(17)18-8-6-5-7-15(18)19/h5-8,20H,3-4,9-13H2,1-2H3. The van der Waals surface area contributed by atoms with E-state index in [1.54, 1.807) is 12.1 Å². The molecule has 1 aliphatic rings. The van der Waals surface area contributed by atoms with Crippen molar-refractivity contribution in [3.05, 3.63) is 47.0 Å². The van der Waals surface area contributed by atoms with E-state index in [4.69, 9.17) is 5.10 Å². The summed E-state index contributed by atoms with van der Waals surface area (Å²) in [4.78, 5) is 2.46. The number of fused-ring (bicyclic) bond motifs is 1. The topological polar surface area (TPSA) is 33.1 Å². The quantitative estimate of drug-likeness (QED) is 0.889. The van der Waals surface area contributed by atoms with Crippen LogP contribution < -0.4 is 5.32 Å². The molecule has 2 aromatic rings. The van der Waals surface area contributed by atoms with Crippen molar-refractivity contribution in [2.75, 3.05) is 19.6 Å². The number of rotatable bonds is 6. The fourth-order valence-corrected chi connectivity index (χ4v) is 3.26. The lowest BCUT2D eigenvalue weighted by molar-refractivity contribution is 0.252. The van der Waals surface area contributed by atoms with Gasteiger partial charge in [0.2, 0.25) is 0 Å². The maximum Gasteiger partial charge on any atom is 0.148 e. The van der Waals surface area contributed by atoms with Gasteiger partial charge < -0.3 is 5.32 Å². The third kappa shape index (κ3) is 3.31. The smallest absolute Gasteiger partial charge is 0.148 e. The molecule has 1 aliphatic heterocycles. The summed E-state index contributed by atoms with van der Waals surface area (Å²) in [5.74, 6) is -0.219. The number of hydrogen-bond acceptors (Lipinski definition) is 3. The van der Waals surface area contributed by atoms with Gasteiger partial charge in [0.05, 0.1) is 11.4 Å². The van der Waals surface area contributed by atoms with Crippen molar-refractivity contribution in [3.8, 4) is 5.69 Å². The molecule has 1 aromatic carbocycles. The molecule has 0 saturated heterocycles. The second-order valence-electron chi connectivity index (χ2n) is 6.04. The molecule has 3 rings (SSSR count). The molecule has 0 aliphatic carbocycles. The highest BCUT2D eigenvalue weighted by Gasteiger charge is 2.25. The second-order valence-corrected chi connectivity index (χ2v) is 6.04. The van der Waals surface area contributed by atoms with Crippen LogP contribution >= 0.6 is 0 Å². The molecule has 1 N–H and O–H groups in total. The van der Waals surface area contributed by atoms with Gasteiger partial charge in [0.15, 0.2) is 0 Å². The minimum atomic E-state index is -0.219. The van der Waals surface area contributed by atoms with Crippen LogP contribution in [-0.4, -0.2) is 34.3 Å². The minimum Gasteiger partial charge on any atom is -0.311 e. The summed E-state index contributed by atoms with van der Waals surface area (Å²) < 4.78 is 16.0. The summed E-state index contributed by atoms with van der Waals surface area (Å²) in [5, 5.41) is 8.10. The Morgan fingerprint density at radius 3 is 2.83 bits per heavy atom. The lowest BCUT2D eigenvalue weighted by atomic mass is 10.0. The van der Waals surface area contributed by atoms with E-state index in [1.807, 2.05) is 10.7 Å². The maximum atomic E-state index is 14.2. The first-order chi connectivity index (χ1) is 11.2. The van der Waals surface area contributed by atoms with Crippen LogP contribution in [0, 0.1) is 5.82 Å². The number of para-hydroxylation sites is 1. The summed E-state index contributed by atoms with van der Waals surface area (Å²) in [6, 6.07) is 6.89. The van der Waals surface area contributed by atoms with E-state index in [0.717, 1.165) is 57.0 Å². The van der Waals surface area contributed by atoms with Gasteiger partial charge in [-0.3, -0.25) is 4.90 Å². The number of aromatic nitrogens is 2. The monoisotopic (exact) mass is 316 g/mol. The molecule has 23 heavy (non-hydrogen) atoms. The highest BCUT2D eigenvalue weighted by atomic mass is 19.1. The summed E-state index contributed by atoms with van der Waals surface area (Å²) in [6.45, 7) is 8.97. The molecule has 2 heterocycles. The van der Waals surface area contributed by atoms with Crippen molar-refractivity contribution >= 4 is 0 Å². The summed E-state index contributed by atoms with van der Waals surface area (Å²) >= 11 is 0. The van der Waals surface area contributed by atoms with Gasteiger partial charge in [-0.15, -0.1) is 0 Å². The van der Waals surface area contributed by atoms with Crippen LogP contribution in [0.4, 0.5) is 4.39 Å². The zero-order valence-corrected chi connectivity index (χ0v) is 14.0.